The molecule has 2 amide bonds. The van der Waals surface area contributed by atoms with Gasteiger partial charge in [-0.2, -0.15) is 4.31 Å². The third-order valence-electron chi connectivity index (χ3n) is 7.10. The van der Waals surface area contributed by atoms with E-state index in [1.165, 1.54) is 15.6 Å². The molecule has 0 N–H and O–H groups in total. The van der Waals surface area contributed by atoms with E-state index in [4.69, 9.17) is 32.9 Å². The Bertz CT molecular complexity index is 1490. The van der Waals surface area contributed by atoms with Crippen LogP contribution in [0.25, 0.3) is 0 Å². The van der Waals surface area contributed by atoms with Crippen LogP contribution in [0.15, 0.2) is 65.0 Å². The molecule has 1 saturated heterocycles. The summed E-state index contributed by atoms with van der Waals surface area (Å²) in [5.41, 5.74) is 1.78. The minimum atomic E-state index is -3.33. The van der Waals surface area contributed by atoms with Gasteiger partial charge >= 0.3 is 6.03 Å². The summed E-state index contributed by atoms with van der Waals surface area (Å²) in [4.78, 5) is 23.8. The Balaban J connectivity index is 1.59. The van der Waals surface area contributed by atoms with Crippen molar-refractivity contribution in [3.8, 4) is 5.75 Å². The van der Waals surface area contributed by atoms with E-state index in [0.29, 0.717) is 28.2 Å². The van der Waals surface area contributed by atoms with Gasteiger partial charge in [-0.15, -0.1) is 11.3 Å². The molecule has 1 aromatic heterocycles. The van der Waals surface area contributed by atoms with Gasteiger partial charge in [0.15, 0.2) is 5.84 Å². The number of amidine groups is 1. The molecule has 12 heteroatoms. The number of amides is 2. The molecule has 2 atom stereocenters. The molecule has 8 nitrogen and oxygen atoms in total. The fraction of sp³-hybridized carbons (Fsp3) is 0.357. The molecule has 3 aromatic rings. The van der Waals surface area contributed by atoms with Crippen LogP contribution in [0.3, 0.4) is 0 Å². The van der Waals surface area contributed by atoms with Crippen LogP contribution in [-0.4, -0.2) is 72.9 Å². The zero-order valence-corrected chi connectivity index (χ0v) is 25.3. The van der Waals surface area contributed by atoms with Gasteiger partial charge in [-0.25, -0.2) is 13.2 Å². The number of piperazine rings is 1. The van der Waals surface area contributed by atoms with Crippen molar-refractivity contribution in [3.05, 3.63) is 86.0 Å². The number of hydrogen-bond acceptors (Lipinski definition) is 6. The van der Waals surface area contributed by atoms with Crippen LogP contribution in [0.4, 0.5) is 4.79 Å². The Hall–Kier alpha value is -2.63. The number of aliphatic imine (C=N–C) groups is 1. The SMILES string of the molecule is CCOc1ccsc1C1=N[C@@H](c2ccc(Cl)cc2)[C@@H](c2ccc(Cl)cc2)N1C(=O)N1CCN(S(=O)(=O)CC)CC1. The summed E-state index contributed by atoms with van der Waals surface area (Å²) in [5, 5.41) is 3.12. The number of carbonyl (C=O) groups excluding carboxylic acids is 1. The lowest BCUT2D eigenvalue weighted by molar-refractivity contribution is 0.143. The Labute approximate surface area is 248 Å². The minimum Gasteiger partial charge on any atom is -0.492 e. The molecule has 40 heavy (non-hydrogen) atoms. The lowest BCUT2D eigenvalue weighted by atomic mass is 9.94. The van der Waals surface area contributed by atoms with E-state index in [1.54, 1.807) is 16.7 Å². The highest BCUT2D eigenvalue weighted by atomic mass is 35.5. The number of benzene rings is 2. The average molecular weight is 622 g/mol. The molecule has 0 aliphatic carbocycles. The molecule has 2 aliphatic rings. The molecule has 1 fully saturated rings. The molecule has 0 spiro atoms. The summed E-state index contributed by atoms with van der Waals surface area (Å²) in [6.45, 7) is 5.07. The summed E-state index contributed by atoms with van der Waals surface area (Å²) in [6.07, 6.45) is 0. The highest BCUT2D eigenvalue weighted by Crippen LogP contribution is 2.46. The van der Waals surface area contributed by atoms with Crippen molar-refractivity contribution >= 4 is 56.4 Å². The van der Waals surface area contributed by atoms with Gasteiger partial charge in [0.25, 0.3) is 0 Å². The van der Waals surface area contributed by atoms with Crippen molar-refractivity contribution < 1.29 is 17.9 Å². The molecule has 2 aliphatic heterocycles. The van der Waals surface area contributed by atoms with Gasteiger partial charge in [0.1, 0.15) is 16.7 Å². The highest BCUT2D eigenvalue weighted by Gasteiger charge is 2.45. The maximum absolute atomic E-state index is 14.4. The number of rotatable bonds is 7. The molecule has 3 heterocycles. The van der Waals surface area contributed by atoms with Crippen molar-refractivity contribution in [3.63, 3.8) is 0 Å². The van der Waals surface area contributed by atoms with E-state index in [9.17, 15) is 13.2 Å². The predicted octanol–water partition coefficient (Wildman–Crippen LogP) is 6.09. The van der Waals surface area contributed by atoms with Gasteiger partial charge in [-0.1, -0.05) is 47.5 Å². The van der Waals surface area contributed by atoms with E-state index in [2.05, 4.69) is 0 Å². The second-order valence-electron chi connectivity index (χ2n) is 9.43. The van der Waals surface area contributed by atoms with Gasteiger partial charge in [0.2, 0.25) is 10.0 Å². The highest BCUT2D eigenvalue weighted by molar-refractivity contribution is 7.89. The topological polar surface area (TPSA) is 82.5 Å². The van der Waals surface area contributed by atoms with Crippen molar-refractivity contribution in [1.82, 2.24) is 14.1 Å². The maximum Gasteiger partial charge on any atom is 0.326 e. The third-order valence-corrected chi connectivity index (χ3v) is 10.4. The van der Waals surface area contributed by atoms with Crippen molar-refractivity contribution in [1.29, 1.82) is 0 Å². The number of hydrogen-bond donors (Lipinski definition) is 0. The molecule has 0 bridgehead atoms. The fourth-order valence-corrected chi connectivity index (χ4v) is 7.21. The lowest BCUT2D eigenvalue weighted by Gasteiger charge is -2.38. The number of sulfonamides is 1. The molecule has 0 radical (unpaired) electrons. The van der Waals surface area contributed by atoms with Crippen molar-refractivity contribution in [2.45, 2.75) is 25.9 Å². The van der Waals surface area contributed by atoms with E-state index in [1.807, 2.05) is 66.9 Å². The van der Waals surface area contributed by atoms with Gasteiger partial charge < -0.3 is 9.64 Å². The number of urea groups is 1. The number of ether oxygens (including phenoxy) is 1. The Morgan fingerprint density at radius 1 is 0.950 bits per heavy atom. The van der Waals surface area contributed by atoms with Crippen molar-refractivity contribution in [2.75, 3.05) is 38.5 Å². The van der Waals surface area contributed by atoms with Crippen LogP contribution in [0.1, 0.15) is 41.9 Å². The second kappa shape index (κ2) is 12.1. The van der Waals surface area contributed by atoms with Crippen LogP contribution in [0.5, 0.6) is 5.75 Å². The Kier molecular flexibility index (Phi) is 8.72. The Morgan fingerprint density at radius 3 is 2.12 bits per heavy atom. The summed E-state index contributed by atoms with van der Waals surface area (Å²) in [5.74, 6) is 1.21. The molecular formula is C28H30Cl2N4O4S2. The monoisotopic (exact) mass is 620 g/mol. The van der Waals surface area contributed by atoms with E-state index in [-0.39, 0.29) is 38.0 Å². The zero-order chi connectivity index (χ0) is 28.4. The number of carbonyl (C=O) groups is 1. The number of halogens is 2. The maximum atomic E-state index is 14.4. The van der Waals surface area contributed by atoms with Crippen molar-refractivity contribution in [2.24, 2.45) is 4.99 Å². The van der Waals surface area contributed by atoms with E-state index >= 15 is 0 Å². The van der Waals surface area contributed by atoms with Gasteiger partial charge in [0, 0.05) is 36.2 Å². The van der Waals surface area contributed by atoms with Gasteiger partial charge in [-0.05, 0) is 60.7 Å². The first kappa shape index (κ1) is 28.9. The largest absolute Gasteiger partial charge is 0.492 e. The quantitative estimate of drug-likeness (QED) is 0.320. The first-order chi connectivity index (χ1) is 19.2. The Morgan fingerprint density at radius 2 is 1.55 bits per heavy atom. The van der Waals surface area contributed by atoms with Crippen LogP contribution in [0, 0.1) is 0 Å². The van der Waals surface area contributed by atoms with Gasteiger partial charge in [-0.3, -0.25) is 9.89 Å². The summed E-state index contributed by atoms with van der Waals surface area (Å²) in [7, 11) is -3.33. The summed E-state index contributed by atoms with van der Waals surface area (Å²) in [6, 6.07) is 15.7. The summed E-state index contributed by atoms with van der Waals surface area (Å²) >= 11 is 13.9. The summed E-state index contributed by atoms with van der Waals surface area (Å²) < 4.78 is 32.2. The molecular weight excluding hydrogens is 591 g/mol. The molecule has 5 rings (SSSR count). The smallest absolute Gasteiger partial charge is 0.326 e. The van der Waals surface area contributed by atoms with Crippen LogP contribution < -0.4 is 4.74 Å². The van der Waals surface area contributed by atoms with Crippen LogP contribution in [-0.2, 0) is 10.0 Å². The van der Waals surface area contributed by atoms with E-state index in [0.717, 1.165) is 16.0 Å². The lowest BCUT2D eigenvalue weighted by Crippen LogP contribution is -2.55. The standard InChI is InChI=1S/C28H30Cl2N4O4S2/c1-3-38-23-13-18-39-26(23)27-31-24(19-5-9-21(29)10-6-19)25(20-7-11-22(30)12-8-20)34(27)28(35)32-14-16-33(17-15-32)40(36,37)4-2/h5-13,18,24-25H,3-4,14-17H2,1-2H3/t24-,25+/m0/s1. The molecule has 212 valence electrons. The zero-order valence-electron chi connectivity index (χ0n) is 22.2. The second-order valence-corrected chi connectivity index (χ2v) is 13.5. The number of thiophene rings is 1. The normalized spacial score (nSPS) is 20.1. The first-order valence-electron chi connectivity index (χ1n) is 13.1. The predicted molar refractivity (Wildman–Crippen MR) is 160 cm³/mol. The fourth-order valence-electron chi connectivity index (χ4n) is 5.05. The molecule has 0 unspecified atom stereocenters. The first-order valence-corrected chi connectivity index (χ1v) is 16.3. The molecule has 2 aromatic carbocycles. The average Bonchev–Trinajstić information content (AvgIpc) is 3.58. The number of nitrogens with zero attached hydrogens (tertiary/aromatic N) is 4. The molecule has 0 saturated carbocycles. The van der Waals surface area contributed by atoms with Gasteiger partial charge in [0.05, 0.1) is 18.4 Å². The third kappa shape index (κ3) is 5.73. The minimum absolute atomic E-state index is 0.0316. The van der Waals surface area contributed by atoms with E-state index < -0.39 is 22.1 Å². The van der Waals surface area contributed by atoms with Crippen LogP contribution >= 0.6 is 34.5 Å². The van der Waals surface area contributed by atoms with Crippen LogP contribution in [0.2, 0.25) is 10.0 Å².